The van der Waals surface area contributed by atoms with Crippen molar-refractivity contribution in [3.63, 3.8) is 0 Å². The summed E-state index contributed by atoms with van der Waals surface area (Å²) in [6.07, 6.45) is -0.664. The summed E-state index contributed by atoms with van der Waals surface area (Å²) in [6.45, 7) is 4.19. The number of carbonyl (C=O) groups is 1. The average molecular weight is 463 g/mol. The van der Waals surface area contributed by atoms with Gasteiger partial charge in [-0.3, -0.25) is 9.69 Å². The Balaban J connectivity index is 1.41. The molecule has 0 aromatic heterocycles. The number of nitrogens with zero attached hydrogens (tertiary/aromatic N) is 5. The van der Waals surface area contributed by atoms with E-state index in [0.29, 0.717) is 38.2 Å². The number of alkyl halides is 3. The molecule has 1 aromatic rings. The van der Waals surface area contributed by atoms with Gasteiger partial charge in [-0.05, 0) is 50.4 Å². The number of hydrogen-bond acceptors (Lipinski definition) is 6. The van der Waals surface area contributed by atoms with Crippen molar-refractivity contribution in [1.29, 1.82) is 10.5 Å². The fourth-order valence-corrected chi connectivity index (χ4v) is 4.49. The predicted molar refractivity (Wildman–Crippen MR) is 117 cm³/mol. The highest BCUT2D eigenvalue weighted by atomic mass is 19.4. The second-order valence-corrected chi connectivity index (χ2v) is 8.59. The Morgan fingerprint density at radius 1 is 1.15 bits per heavy atom. The Kier molecular flexibility index (Phi) is 8.17. The normalized spacial score (nSPS) is 20.4. The number of likely N-dealkylation sites (tertiary alicyclic amines) is 1. The van der Waals surface area contributed by atoms with Crippen molar-refractivity contribution >= 4 is 11.6 Å². The van der Waals surface area contributed by atoms with Gasteiger partial charge < -0.3 is 15.5 Å². The minimum absolute atomic E-state index is 0.0357. The van der Waals surface area contributed by atoms with Crippen LogP contribution in [-0.2, 0) is 11.0 Å². The molecule has 33 heavy (non-hydrogen) atoms. The molecule has 0 aliphatic carbocycles. The summed E-state index contributed by atoms with van der Waals surface area (Å²) in [4.78, 5) is 18.3. The van der Waals surface area contributed by atoms with E-state index < -0.39 is 17.8 Å². The average Bonchev–Trinajstić information content (AvgIpc) is 3.29. The Labute approximate surface area is 192 Å². The first-order chi connectivity index (χ1) is 15.7. The standard InChI is InChI=1S/C23H29F3N6O/c24-23(25,26)18-6-7-21(17(14-18)15-27)31-12-10-30(11-13-31)8-2-1-5-20(29)22(33)32-9-3-4-19(32)16-28/h6-7,14,19-20H,1-5,8-13,29H2/t19-,20-/m0/s1. The first-order valence-corrected chi connectivity index (χ1v) is 11.3. The number of benzene rings is 1. The van der Waals surface area contributed by atoms with Gasteiger partial charge in [-0.2, -0.15) is 23.7 Å². The number of nitriles is 2. The molecular formula is C23H29F3N6O. The molecule has 1 amide bonds. The molecule has 0 spiro atoms. The zero-order valence-corrected chi connectivity index (χ0v) is 18.5. The quantitative estimate of drug-likeness (QED) is 0.626. The van der Waals surface area contributed by atoms with Crippen molar-refractivity contribution in [2.45, 2.75) is 50.4 Å². The summed E-state index contributed by atoms with van der Waals surface area (Å²) in [5.41, 5.74) is 5.82. The molecule has 2 aliphatic rings. The number of piperazine rings is 1. The van der Waals surface area contributed by atoms with Gasteiger partial charge in [0, 0.05) is 32.7 Å². The van der Waals surface area contributed by atoms with Crippen LogP contribution in [-0.4, -0.2) is 67.1 Å². The van der Waals surface area contributed by atoms with Crippen molar-refractivity contribution in [2.24, 2.45) is 5.73 Å². The number of halogens is 3. The van der Waals surface area contributed by atoms with Gasteiger partial charge in [-0.1, -0.05) is 6.42 Å². The predicted octanol–water partition coefficient (Wildman–Crippen LogP) is 2.71. The summed E-state index contributed by atoms with van der Waals surface area (Å²) >= 11 is 0. The summed E-state index contributed by atoms with van der Waals surface area (Å²) in [7, 11) is 0. The monoisotopic (exact) mass is 462 g/mol. The first kappa shape index (κ1) is 24.8. The minimum Gasteiger partial charge on any atom is -0.368 e. The lowest BCUT2D eigenvalue weighted by Gasteiger charge is -2.36. The van der Waals surface area contributed by atoms with E-state index >= 15 is 0 Å². The number of nitrogens with two attached hydrogens (primary N) is 1. The Hall–Kier alpha value is -2.82. The van der Waals surface area contributed by atoms with Crippen LogP contribution in [0, 0.1) is 22.7 Å². The van der Waals surface area contributed by atoms with Gasteiger partial charge in [0.05, 0.1) is 28.9 Å². The third kappa shape index (κ3) is 6.16. The molecule has 178 valence electrons. The molecule has 3 rings (SSSR count). The number of hydrogen-bond donors (Lipinski definition) is 1. The molecular weight excluding hydrogens is 433 g/mol. The van der Waals surface area contributed by atoms with E-state index in [1.54, 1.807) is 4.90 Å². The number of unbranched alkanes of at least 4 members (excludes halogenated alkanes) is 1. The van der Waals surface area contributed by atoms with Gasteiger partial charge in [0.2, 0.25) is 5.91 Å². The summed E-state index contributed by atoms with van der Waals surface area (Å²) in [6, 6.07) is 6.43. The zero-order chi connectivity index (χ0) is 24.0. The maximum absolute atomic E-state index is 12.9. The third-order valence-corrected chi connectivity index (χ3v) is 6.40. The van der Waals surface area contributed by atoms with Crippen LogP contribution in [0.15, 0.2) is 18.2 Å². The van der Waals surface area contributed by atoms with Gasteiger partial charge in [-0.25, -0.2) is 0 Å². The molecule has 2 fully saturated rings. The van der Waals surface area contributed by atoms with Gasteiger partial charge in [0.1, 0.15) is 12.1 Å². The van der Waals surface area contributed by atoms with E-state index in [4.69, 9.17) is 11.0 Å². The molecule has 10 heteroatoms. The van der Waals surface area contributed by atoms with Crippen molar-refractivity contribution in [1.82, 2.24) is 9.80 Å². The Bertz CT molecular complexity index is 914. The van der Waals surface area contributed by atoms with Crippen LogP contribution in [0.5, 0.6) is 0 Å². The van der Waals surface area contributed by atoms with Crippen LogP contribution in [0.4, 0.5) is 18.9 Å². The lowest BCUT2D eigenvalue weighted by atomic mass is 10.1. The maximum Gasteiger partial charge on any atom is 0.416 e. The lowest BCUT2D eigenvalue weighted by molar-refractivity contribution is -0.137. The van der Waals surface area contributed by atoms with Crippen molar-refractivity contribution in [3.05, 3.63) is 29.3 Å². The van der Waals surface area contributed by atoms with Crippen LogP contribution in [0.25, 0.3) is 0 Å². The van der Waals surface area contributed by atoms with Crippen molar-refractivity contribution < 1.29 is 18.0 Å². The van der Waals surface area contributed by atoms with Crippen LogP contribution in [0.1, 0.15) is 43.2 Å². The van der Waals surface area contributed by atoms with Crippen LogP contribution in [0.3, 0.4) is 0 Å². The van der Waals surface area contributed by atoms with Gasteiger partial charge >= 0.3 is 6.18 Å². The molecule has 0 saturated carbocycles. The SMILES string of the molecule is N#Cc1cc(C(F)(F)F)ccc1N1CCN(CCCC[C@H](N)C(=O)N2CCC[C@H]2C#N)CC1. The second kappa shape index (κ2) is 10.9. The highest BCUT2D eigenvalue weighted by molar-refractivity contribution is 5.82. The highest BCUT2D eigenvalue weighted by Crippen LogP contribution is 2.33. The van der Waals surface area contributed by atoms with Gasteiger partial charge in [-0.15, -0.1) is 0 Å². The molecule has 2 heterocycles. The molecule has 2 N–H and O–H groups in total. The summed E-state index contributed by atoms with van der Waals surface area (Å²) in [5, 5.41) is 18.4. The lowest BCUT2D eigenvalue weighted by Crippen LogP contribution is -2.47. The number of amides is 1. The molecule has 0 unspecified atom stereocenters. The van der Waals surface area contributed by atoms with Gasteiger partial charge in [0.25, 0.3) is 0 Å². The van der Waals surface area contributed by atoms with Crippen molar-refractivity contribution in [3.8, 4) is 12.1 Å². The molecule has 2 atom stereocenters. The molecule has 7 nitrogen and oxygen atoms in total. The summed E-state index contributed by atoms with van der Waals surface area (Å²) in [5.74, 6) is -0.141. The van der Waals surface area contributed by atoms with E-state index in [9.17, 15) is 23.2 Å². The molecule has 1 aromatic carbocycles. The number of anilines is 1. The van der Waals surface area contributed by atoms with E-state index in [0.717, 1.165) is 51.0 Å². The Morgan fingerprint density at radius 3 is 2.52 bits per heavy atom. The van der Waals surface area contributed by atoms with Crippen LogP contribution in [0.2, 0.25) is 0 Å². The van der Waals surface area contributed by atoms with E-state index in [2.05, 4.69) is 11.0 Å². The van der Waals surface area contributed by atoms with Crippen LogP contribution >= 0.6 is 0 Å². The van der Waals surface area contributed by atoms with Crippen molar-refractivity contribution in [2.75, 3.05) is 44.2 Å². The molecule has 0 radical (unpaired) electrons. The molecule has 0 bridgehead atoms. The van der Waals surface area contributed by atoms with E-state index in [1.165, 1.54) is 6.07 Å². The fraction of sp³-hybridized carbons (Fsp3) is 0.609. The number of rotatable bonds is 7. The summed E-state index contributed by atoms with van der Waals surface area (Å²) < 4.78 is 38.7. The minimum atomic E-state index is -4.47. The number of carbonyl (C=O) groups excluding carboxylic acids is 1. The second-order valence-electron chi connectivity index (χ2n) is 8.59. The largest absolute Gasteiger partial charge is 0.416 e. The Morgan fingerprint density at radius 2 is 1.88 bits per heavy atom. The van der Waals surface area contributed by atoms with Crippen LogP contribution < -0.4 is 10.6 Å². The van der Waals surface area contributed by atoms with E-state index in [1.807, 2.05) is 11.0 Å². The topological polar surface area (TPSA) is 100 Å². The first-order valence-electron chi connectivity index (χ1n) is 11.3. The fourth-order valence-electron chi connectivity index (χ4n) is 4.49. The van der Waals surface area contributed by atoms with Gasteiger partial charge in [0.15, 0.2) is 0 Å². The maximum atomic E-state index is 12.9. The zero-order valence-electron chi connectivity index (χ0n) is 18.5. The third-order valence-electron chi connectivity index (χ3n) is 6.40. The molecule has 2 aliphatic heterocycles. The smallest absolute Gasteiger partial charge is 0.368 e. The van der Waals surface area contributed by atoms with E-state index in [-0.39, 0.29) is 17.5 Å². The molecule has 2 saturated heterocycles. The highest BCUT2D eigenvalue weighted by Gasteiger charge is 2.32.